The molecule has 0 N–H and O–H groups in total. The van der Waals surface area contributed by atoms with Crippen LogP contribution in [0.25, 0.3) is 0 Å². The van der Waals surface area contributed by atoms with Crippen LogP contribution < -0.4 is 0 Å². The van der Waals surface area contributed by atoms with Crippen LogP contribution in [-0.2, 0) is 29.7 Å². The Balaban J connectivity index is 0.00000280. The van der Waals surface area contributed by atoms with E-state index in [2.05, 4.69) is 11.9 Å². The van der Waals surface area contributed by atoms with Crippen molar-refractivity contribution >= 4 is 17.5 Å². The summed E-state index contributed by atoms with van der Waals surface area (Å²) in [5, 5.41) is -0.421. The van der Waals surface area contributed by atoms with Gasteiger partial charge in [0, 0.05) is 0 Å². The fourth-order valence-corrected chi connectivity index (χ4v) is 3.36. The number of benzene rings is 1. The minimum absolute atomic E-state index is 0. The minimum Gasteiger partial charge on any atom is -0.344 e. The van der Waals surface area contributed by atoms with Crippen LogP contribution >= 0.6 is 11.6 Å². The molecule has 3 nitrogen and oxygen atoms in total. The first kappa shape index (κ1) is 22.6. The van der Waals surface area contributed by atoms with E-state index >= 15 is 0 Å². The number of likely N-dealkylation sites (tertiary alicyclic amines) is 1. The molecule has 0 atom stereocenters. The van der Waals surface area contributed by atoms with Gasteiger partial charge in [-0.3, -0.25) is 4.79 Å². The second kappa shape index (κ2) is 9.20. The monoisotopic (exact) mass is 449 g/mol. The van der Waals surface area contributed by atoms with Crippen molar-refractivity contribution in [3.63, 3.8) is 0 Å². The van der Waals surface area contributed by atoms with Gasteiger partial charge in [-0.1, -0.05) is 17.7 Å². The molecule has 8 heteroatoms. The standard InChI is InChI=1S/C20H18ClF3N2O.Mn/c1-13-4-2-3-5-15(13)12-14-8-10-26(11-9-14)19(27)16-6-7-17(20(22,23)24)25-18(16)21;/h2-7H,1,8-12H2;/q-2;+2. The topological polar surface area (TPSA) is 33.2 Å². The molecule has 149 valence electrons. The predicted molar refractivity (Wildman–Crippen MR) is 97.2 cm³/mol. The van der Waals surface area contributed by atoms with Crippen LogP contribution in [0.4, 0.5) is 13.2 Å². The molecule has 0 spiro atoms. The molecule has 28 heavy (non-hydrogen) atoms. The molecule has 1 radical (unpaired) electrons. The quantitative estimate of drug-likeness (QED) is 0.376. The van der Waals surface area contributed by atoms with Crippen LogP contribution in [0.15, 0.2) is 36.4 Å². The first-order valence-electron chi connectivity index (χ1n) is 8.52. The Labute approximate surface area is 177 Å². The third-order valence-corrected chi connectivity index (χ3v) is 4.97. The van der Waals surface area contributed by atoms with E-state index in [9.17, 15) is 18.0 Å². The smallest absolute Gasteiger partial charge is 0.344 e. The Morgan fingerprint density at radius 3 is 2.39 bits per heavy atom. The number of alkyl halides is 3. The van der Waals surface area contributed by atoms with Crippen molar-refractivity contribution in [2.24, 2.45) is 0 Å². The summed E-state index contributed by atoms with van der Waals surface area (Å²) in [6.07, 6.45) is -2.29. The number of nitrogens with zero attached hydrogens (tertiary/aromatic N) is 2. The van der Waals surface area contributed by atoms with Gasteiger partial charge < -0.3 is 10.8 Å². The van der Waals surface area contributed by atoms with Crippen molar-refractivity contribution in [1.29, 1.82) is 0 Å². The Bertz CT molecular complexity index is 836. The Kier molecular flexibility index (Phi) is 7.43. The van der Waals surface area contributed by atoms with Crippen LogP contribution in [0.3, 0.4) is 0 Å². The van der Waals surface area contributed by atoms with Gasteiger partial charge in [0.2, 0.25) is 0 Å². The van der Waals surface area contributed by atoms with Crippen LogP contribution in [0.5, 0.6) is 0 Å². The zero-order chi connectivity index (χ0) is 19.6. The number of carbonyl (C=O) groups excluding carboxylic acids is 1. The zero-order valence-electron chi connectivity index (χ0n) is 14.9. The third kappa shape index (κ3) is 5.22. The SMILES string of the molecule is [CH2-]c1ccccc1C[C-]1CCN(C(=O)c2ccc(C(F)(F)F)nc2Cl)CC1.[Mn+2]. The molecule has 2 aromatic rings. The molecule has 0 saturated carbocycles. The molecule has 1 aliphatic rings. The molecule has 1 aromatic heterocycles. The molecule has 1 aliphatic heterocycles. The van der Waals surface area contributed by atoms with Gasteiger partial charge >= 0.3 is 23.2 Å². The normalized spacial score (nSPS) is 15.2. The average molecular weight is 450 g/mol. The maximum Gasteiger partial charge on any atom is 2.00 e. The van der Waals surface area contributed by atoms with Gasteiger partial charge in [-0.25, -0.2) is 4.98 Å². The van der Waals surface area contributed by atoms with E-state index in [0.29, 0.717) is 13.1 Å². The predicted octanol–water partition coefficient (Wildman–Crippen LogP) is 4.99. The molecule has 1 aromatic carbocycles. The number of piperidine rings is 1. The number of halogens is 4. The first-order chi connectivity index (χ1) is 12.8. The number of amides is 1. The van der Waals surface area contributed by atoms with Gasteiger partial charge in [0.25, 0.3) is 5.91 Å². The van der Waals surface area contributed by atoms with Crippen LogP contribution in [0.1, 0.15) is 40.0 Å². The second-order valence-corrected chi connectivity index (χ2v) is 6.88. The van der Waals surface area contributed by atoms with Crippen molar-refractivity contribution in [2.45, 2.75) is 25.4 Å². The van der Waals surface area contributed by atoms with E-state index in [1.165, 1.54) is 11.5 Å². The summed E-state index contributed by atoms with van der Waals surface area (Å²) in [4.78, 5) is 17.5. The number of aromatic nitrogens is 1. The summed E-state index contributed by atoms with van der Waals surface area (Å²) < 4.78 is 38.0. The van der Waals surface area contributed by atoms with E-state index in [4.69, 9.17) is 11.6 Å². The molecule has 2 heterocycles. The van der Waals surface area contributed by atoms with Gasteiger partial charge in [-0.2, -0.15) is 56.6 Å². The van der Waals surface area contributed by atoms with E-state index in [0.717, 1.165) is 37.0 Å². The van der Waals surface area contributed by atoms with Crippen molar-refractivity contribution < 1.29 is 35.0 Å². The summed E-state index contributed by atoms with van der Waals surface area (Å²) in [5.74, 6) is 0.935. The number of hydrogen-bond acceptors (Lipinski definition) is 2. The first-order valence-corrected chi connectivity index (χ1v) is 8.90. The summed E-state index contributed by atoms with van der Waals surface area (Å²) in [7, 11) is 0. The molecule has 1 fully saturated rings. The van der Waals surface area contributed by atoms with Gasteiger partial charge in [0.15, 0.2) is 0 Å². The Hall–Kier alpha value is -1.69. The van der Waals surface area contributed by atoms with Gasteiger partial charge in [-0.15, -0.1) is 12.1 Å². The average Bonchev–Trinajstić information content (AvgIpc) is 2.63. The third-order valence-electron chi connectivity index (χ3n) is 4.69. The number of carbonyl (C=O) groups is 1. The molecule has 3 rings (SSSR count). The minimum atomic E-state index is -4.59. The van der Waals surface area contributed by atoms with Crippen LogP contribution in [-0.4, -0.2) is 28.9 Å². The summed E-state index contributed by atoms with van der Waals surface area (Å²) in [5.41, 5.74) is 1.05. The molecule has 0 aliphatic carbocycles. The van der Waals surface area contributed by atoms with E-state index in [1.807, 2.05) is 24.3 Å². The van der Waals surface area contributed by atoms with E-state index in [1.54, 1.807) is 4.90 Å². The van der Waals surface area contributed by atoms with E-state index in [-0.39, 0.29) is 22.6 Å². The number of hydrogen-bond donors (Lipinski definition) is 0. The molecule has 1 amide bonds. The van der Waals surface area contributed by atoms with Gasteiger partial charge in [-0.05, 0) is 25.2 Å². The molecule has 1 saturated heterocycles. The molecular weight excluding hydrogens is 432 g/mol. The van der Waals surface area contributed by atoms with Crippen molar-refractivity contribution in [2.75, 3.05) is 13.1 Å². The van der Waals surface area contributed by atoms with E-state index < -0.39 is 22.9 Å². The largest absolute Gasteiger partial charge is 2.00 e. The fraction of sp³-hybridized carbons (Fsp3) is 0.300. The summed E-state index contributed by atoms with van der Waals surface area (Å²) in [6.45, 7) is 5.03. The molecule has 0 bridgehead atoms. The van der Waals surface area contributed by atoms with Crippen LogP contribution in [0.2, 0.25) is 5.15 Å². The van der Waals surface area contributed by atoms with Crippen molar-refractivity contribution in [1.82, 2.24) is 9.88 Å². The Morgan fingerprint density at radius 2 is 1.82 bits per heavy atom. The molecular formula is C20H18ClF3MnN2O. The zero-order valence-corrected chi connectivity index (χ0v) is 16.8. The maximum atomic E-state index is 12.7. The fourth-order valence-electron chi connectivity index (χ4n) is 3.12. The summed E-state index contributed by atoms with van der Waals surface area (Å²) in [6, 6.07) is 9.81. The van der Waals surface area contributed by atoms with Gasteiger partial charge in [0.1, 0.15) is 10.8 Å². The number of rotatable bonds is 3. The maximum absolute atomic E-state index is 12.7. The van der Waals surface area contributed by atoms with Crippen LogP contribution in [0, 0.1) is 12.8 Å². The second-order valence-electron chi connectivity index (χ2n) is 6.52. The van der Waals surface area contributed by atoms with Crippen molar-refractivity contribution in [3.8, 4) is 0 Å². The Morgan fingerprint density at radius 1 is 1.18 bits per heavy atom. The van der Waals surface area contributed by atoms with Crippen molar-refractivity contribution in [3.05, 3.63) is 76.8 Å². The van der Waals surface area contributed by atoms with Gasteiger partial charge in [0.05, 0.1) is 5.56 Å². The molecule has 0 unspecified atom stereocenters. The number of pyridine rings is 1. The summed E-state index contributed by atoms with van der Waals surface area (Å²) >= 11 is 5.83.